The SMILES string of the molecule is Cc1c([N+](=O)[O-])cccc1S(=O)(=O)N(CCO)C(C)C. The quantitative estimate of drug-likeness (QED) is 0.630. The van der Waals surface area contributed by atoms with E-state index in [2.05, 4.69) is 0 Å². The van der Waals surface area contributed by atoms with Crippen molar-refractivity contribution in [3.63, 3.8) is 0 Å². The van der Waals surface area contributed by atoms with Crippen molar-refractivity contribution >= 4 is 15.7 Å². The largest absolute Gasteiger partial charge is 0.395 e. The van der Waals surface area contributed by atoms with Crippen molar-refractivity contribution in [1.82, 2.24) is 4.31 Å². The van der Waals surface area contributed by atoms with E-state index in [0.717, 1.165) is 4.31 Å². The molecule has 0 heterocycles. The van der Waals surface area contributed by atoms with E-state index in [1.807, 2.05) is 0 Å². The molecular weight excluding hydrogens is 284 g/mol. The number of nitrogens with zero attached hydrogens (tertiary/aromatic N) is 2. The van der Waals surface area contributed by atoms with Gasteiger partial charge in [-0.05, 0) is 26.8 Å². The molecule has 1 aromatic rings. The van der Waals surface area contributed by atoms with Gasteiger partial charge in [0.05, 0.1) is 16.4 Å². The van der Waals surface area contributed by atoms with Gasteiger partial charge in [0, 0.05) is 24.2 Å². The molecule has 7 nitrogen and oxygen atoms in total. The van der Waals surface area contributed by atoms with E-state index in [4.69, 9.17) is 5.11 Å². The molecule has 0 bridgehead atoms. The van der Waals surface area contributed by atoms with E-state index < -0.39 is 14.9 Å². The van der Waals surface area contributed by atoms with Crippen LogP contribution in [0.4, 0.5) is 5.69 Å². The second kappa shape index (κ2) is 6.29. The highest BCUT2D eigenvalue weighted by atomic mass is 32.2. The Morgan fingerprint density at radius 2 is 2.00 bits per heavy atom. The maximum atomic E-state index is 12.6. The van der Waals surface area contributed by atoms with Crippen LogP contribution in [0.2, 0.25) is 0 Å². The first kappa shape index (κ1) is 16.5. The Balaban J connectivity index is 3.42. The summed E-state index contributed by atoms with van der Waals surface area (Å²) in [5, 5.41) is 19.9. The number of aliphatic hydroxyl groups excluding tert-OH is 1. The van der Waals surface area contributed by atoms with Gasteiger partial charge in [-0.1, -0.05) is 6.07 Å². The highest BCUT2D eigenvalue weighted by molar-refractivity contribution is 7.89. The number of nitro groups is 1. The van der Waals surface area contributed by atoms with E-state index in [1.54, 1.807) is 13.8 Å². The van der Waals surface area contributed by atoms with Crippen LogP contribution in [0, 0.1) is 17.0 Å². The fraction of sp³-hybridized carbons (Fsp3) is 0.500. The maximum Gasteiger partial charge on any atom is 0.273 e. The Morgan fingerprint density at radius 3 is 2.45 bits per heavy atom. The number of hydrogen-bond acceptors (Lipinski definition) is 5. The summed E-state index contributed by atoms with van der Waals surface area (Å²) in [5.41, 5.74) is -0.139. The third-order valence-corrected chi connectivity index (χ3v) is 5.15. The Bertz CT molecular complexity index is 598. The Morgan fingerprint density at radius 1 is 1.40 bits per heavy atom. The first-order valence-electron chi connectivity index (χ1n) is 6.10. The molecule has 20 heavy (non-hydrogen) atoms. The summed E-state index contributed by atoms with van der Waals surface area (Å²) in [4.78, 5) is 10.2. The highest BCUT2D eigenvalue weighted by Crippen LogP contribution is 2.27. The number of aliphatic hydroxyl groups is 1. The third-order valence-electron chi connectivity index (χ3n) is 2.94. The van der Waals surface area contributed by atoms with Crippen LogP contribution < -0.4 is 0 Å². The smallest absolute Gasteiger partial charge is 0.273 e. The predicted octanol–water partition coefficient (Wildman–Crippen LogP) is 1.29. The van der Waals surface area contributed by atoms with Crippen LogP contribution >= 0.6 is 0 Å². The normalized spacial score (nSPS) is 12.1. The fourth-order valence-electron chi connectivity index (χ4n) is 1.96. The first-order chi connectivity index (χ1) is 9.23. The minimum Gasteiger partial charge on any atom is -0.395 e. The topological polar surface area (TPSA) is 101 Å². The summed E-state index contributed by atoms with van der Waals surface area (Å²) in [6, 6.07) is 3.59. The van der Waals surface area contributed by atoms with E-state index in [9.17, 15) is 18.5 Å². The number of nitro benzene ring substituents is 1. The van der Waals surface area contributed by atoms with Crippen LogP contribution in [0.5, 0.6) is 0 Å². The van der Waals surface area contributed by atoms with Gasteiger partial charge >= 0.3 is 0 Å². The summed E-state index contributed by atoms with van der Waals surface area (Å²) in [6.45, 7) is 4.40. The molecule has 112 valence electrons. The van der Waals surface area contributed by atoms with Crippen molar-refractivity contribution in [2.24, 2.45) is 0 Å². The molecule has 0 saturated carbocycles. The Kier molecular flexibility index (Phi) is 5.21. The highest BCUT2D eigenvalue weighted by Gasteiger charge is 2.30. The van der Waals surface area contributed by atoms with E-state index >= 15 is 0 Å². The van der Waals surface area contributed by atoms with Gasteiger partial charge in [-0.2, -0.15) is 4.31 Å². The molecular formula is C12H18N2O5S. The number of hydrogen-bond donors (Lipinski definition) is 1. The lowest BCUT2D eigenvalue weighted by Gasteiger charge is -2.25. The van der Waals surface area contributed by atoms with Crippen molar-refractivity contribution in [2.75, 3.05) is 13.2 Å². The van der Waals surface area contributed by atoms with Crippen LogP contribution in [-0.4, -0.2) is 41.9 Å². The van der Waals surface area contributed by atoms with Gasteiger partial charge in [-0.3, -0.25) is 10.1 Å². The molecule has 0 fully saturated rings. The minimum atomic E-state index is -3.88. The van der Waals surface area contributed by atoms with Gasteiger partial charge in [-0.25, -0.2) is 8.42 Å². The van der Waals surface area contributed by atoms with Crippen molar-refractivity contribution in [3.8, 4) is 0 Å². The summed E-state index contributed by atoms with van der Waals surface area (Å²) in [5.74, 6) is 0. The first-order valence-corrected chi connectivity index (χ1v) is 7.54. The van der Waals surface area contributed by atoms with E-state index in [-0.39, 0.29) is 35.3 Å². The molecule has 0 spiro atoms. The zero-order valence-electron chi connectivity index (χ0n) is 11.6. The van der Waals surface area contributed by atoms with Crippen LogP contribution in [0.3, 0.4) is 0 Å². The molecule has 0 atom stereocenters. The molecule has 0 aliphatic carbocycles. The van der Waals surface area contributed by atoms with Crippen molar-refractivity contribution in [2.45, 2.75) is 31.7 Å². The molecule has 0 amide bonds. The van der Waals surface area contributed by atoms with Crippen molar-refractivity contribution in [3.05, 3.63) is 33.9 Å². The lowest BCUT2D eigenvalue weighted by Crippen LogP contribution is -2.39. The zero-order valence-corrected chi connectivity index (χ0v) is 12.4. The minimum absolute atomic E-state index is 0.0534. The average molecular weight is 302 g/mol. The second-order valence-electron chi connectivity index (χ2n) is 4.59. The lowest BCUT2D eigenvalue weighted by atomic mass is 10.2. The van der Waals surface area contributed by atoms with Crippen molar-refractivity contribution in [1.29, 1.82) is 0 Å². The Hall–Kier alpha value is -1.51. The van der Waals surface area contributed by atoms with Crippen LogP contribution in [-0.2, 0) is 10.0 Å². The molecule has 0 unspecified atom stereocenters. The van der Waals surface area contributed by atoms with E-state index in [1.165, 1.54) is 25.1 Å². The zero-order chi connectivity index (χ0) is 15.5. The van der Waals surface area contributed by atoms with Crippen LogP contribution in [0.1, 0.15) is 19.4 Å². The third kappa shape index (κ3) is 3.14. The molecule has 1 rings (SSSR count). The fourth-order valence-corrected chi connectivity index (χ4v) is 3.83. The maximum absolute atomic E-state index is 12.6. The van der Waals surface area contributed by atoms with Gasteiger partial charge in [-0.15, -0.1) is 0 Å². The number of sulfonamides is 1. The standard InChI is InChI=1S/C12H18N2O5S/c1-9(2)13(7-8-15)20(18,19)12-6-4-5-11(10(12)3)14(16)17/h4-6,9,15H,7-8H2,1-3H3. The monoisotopic (exact) mass is 302 g/mol. The molecule has 0 saturated heterocycles. The summed E-state index contributed by atoms with van der Waals surface area (Å²) in [7, 11) is -3.88. The van der Waals surface area contributed by atoms with Gasteiger partial charge in [0.25, 0.3) is 5.69 Å². The summed E-state index contributed by atoms with van der Waals surface area (Å²) in [6.07, 6.45) is 0. The van der Waals surface area contributed by atoms with Gasteiger partial charge in [0.1, 0.15) is 0 Å². The van der Waals surface area contributed by atoms with Crippen molar-refractivity contribution < 1.29 is 18.4 Å². The molecule has 0 aromatic heterocycles. The van der Waals surface area contributed by atoms with Gasteiger partial charge in [0.2, 0.25) is 10.0 Å². The molecule has 1 aromatic carbocycles. The van der Waals surface area contributed by atoms with Crippen LogP contribution in [0.25, 0.3) is 0 Å². The van der Waals surface area contributed by atoms with Gasteiger partial charge < -0.3 is 5.11 Å². The molecule has 8 heteroatoms. The molecule has 0 aliphatic rings. The molecule has 0 radical (unpaired) electrons. The molecule has 1 N–H and O–H groups in total. The average Bonchev–Trinajstić information content (AvgIpc) is 2.34. The van der Waals surface area contributed by atoms with Gasteiger partial charge in [0.15, 0.2) is 0 Å². The number of rotatable bonds is 6. The second-order valence-corrected chi connectivity index (χ2v) is 6.45. The van der Waals surface area contributed by atoms with Crippen LogP contribution in [0.15, 0.2) is 23.1 Å². The number of benzene rings is 1. The summed E-state index contributed by atoms with van der Waals surface area (Å²) >= 11 is 0. The summed E-state index contributed by atoms with van der Waals surface area (Å²) < 4.78 is 26.2. The lowest BCUT2D eigenvalue weighted by molar-refractivity contribution is -0.385. The Labute approximate surface area is 118 Å². The molecule has 0 aliphatic heterocycles. The van der Waals surface area contributed by atoms with E-state index in [0.29, 0.717) is 0 Å². The predicted molar refractivity (Wildman–Crippen MR) is 73.9 cm³/mol.